The number of nitrogen functional groups attached to an aromatic ring is 1. The molecule has 1 aromatic carbocycles. The molecule has 0 fully saturated rings. The standard InChI is InChI=1S/C13H18N2O6/c14-9-1-2-10(11(7-9)21-8-12(17)18)13(19)15-3-5-20-6-4-16/h1-2,7,16H,3-6,8,14H2,(H,15,19)(H,17,18). The maximum Gasteiger partial charge on any atom is 0.341 e. The molecule has 0 saturated heterocycles. The van der Waals surface area contributed by atoms with Crippen molar-refractivity contribution in [1.29, 1.82) is 0 Å². The number of amides is 1. The van der Waals surface area contributed by atoms with Crippen LogP contribution in [0.25, 0.3) is 0 Å². The first-order valence-corrected chi connectivity index (χ1v) is 6.25. The number of hydrogen-bond donors (Lipinski definition) is 4. The molecule has 21 heavy (non-hydrogen) atoms. The Morgan fingerprint density at radius 3 is 2.71 bits per heavy atom. The van der Waals surface area contributed by atoms with Crippen molar-refractivity contribution in [2.75, 3.05) is 38.7 Å². The van der Waals surface area contributed by atoms with Gasteiger partial charge in [0.2, 0.25) is 0 Å². The molecule has 116 valence electrons. The molecule has 0 saturated carbocycles. The molecule has 0 aliphatic rings. The van der Waals surface area contributed by atoms with E-state index >= 15 is 0 Å². The number of hydrogen-bond acceptors (Lipinski definition) is 6. The van der Waals surface area contributed by atoms with Crippen LogP contribution in [0.5, 0.6) is 5.75 Å². The maximum atomic E-state index is 12.0. The van der Waals surface area contributed by atoms with Gasteiger partial charge in [0.25, 0.3) is 5.91 Å². The average molecular weight is 298 g/mol. The highest BCUT2D eigenvalue weighted by atomic mass is 16.5. The third-order valence-corrected chi connectivity index (χ3v) is 2.37. The number of aliphatic carboxylic acids is 1. The summed E-state index contributed by atoms with van der Waals surface area (Å²) in [7, 11) is 0. The van der Waals surface area contributed by atoms with E-state index in [1.54, 1.807) is 0 Å². The Labute approximate surface area is 121 Å². The number of rotatable bonds is 9. The van der Waals surface area contributed by atoms with Crippen LogP contribution in [0.4, 0.5) is 5.69 Å². The lowest BCUT2D eigenvalue weighted by molar-refractivity contribution is -0.139. The van der Waals surface area contributed by atoms with Crippen LogP contribution < -0.4 is 15.8 Å². The molecule has 0 atom stereocenters. The Balaban J connectivity index is 2.62. The summed E-state index contributed by atoms with van der Waals surface area (Å²) in [5.41, 5.74) is 6.13. The van der Waals surface area contributed by atoms with Gasteiger partial charge < -0.3 is 30.7 Å². The lowest BCUT2D eigenvalue weighted by atomic mass is 10.1. The van der Waals surface area contributed by atoms with Crippen molar-refractivity contribution in [3.63, 3.8) is 0 Å². The van der Waals surface area contributed by atoms with Crippen molar-refractivity contribution in [1.82, 2.24) is 5.32 Å². The van der Waals surface area contributed by atoms with Gasteiger partial charge in [-0.05, 0) is 12.1 Å². The van der Waals surface area contributed by atoms with Crippen LogP contribution >= 0.6 is 0 Å². The Morgan fingerprint density at radius 1 is 1.29 bits per heavy atom. The number of anilines is 1. The second kappa shape index (κ2) is 8.77. The zero-order chi connectivity index (χ0) is 15.7. The number of nitrogens with two attached hydrogens (primary N) is 1. The lowest BCUT2D eigenvalue weighted by Crippen LogP contribution is -2.28. The molecule has 0 bridgehead atoms. The van der Waals surface area contributed by atoms with Crippen LogP contribution in [0.3, 0.4) is 0 Å². The minimum atomic E-state index is -1.15. The van der Waals surface area contributed by atoms with E-state index in [0.29, 0.717) is 5.69 Å². The molecule has 0 aliphatic carbocycles. The van der Waals surface area contributed by atoms with E-state index in [-0.39, 0.29) is 37.7 Å². The van der Waals surface area contributed by atoms with Crippen molar-refractivity contribution in [2.45, 2.75) is 0 Å². The Bertz CT molecular complexity index is 492. The summed E-state index contributed by atoms with van der Waals surface area (Å²) in [6.45, 7) is 0.0569. The maximum absolute atomic E-state index is 12.0. The highest BCUT2D eigenvalue weighted by Gasteiger charge is 2.13. The van der Waals surface area contributed by atoms with Crippen LogP contribution in [0.2, 0.25) is 0 Å². The first-order chi connectivity index (χ1) is 10.0. The predicted octanol–water partition coefficient (Wildman–Crippen LogP) is -0.529. The average Bonchev–Trinajstić information content (AvgIpc) is 2.44. The van der Waals surface area contributed by atoms with Gasteiger partial charge in [0.1, 0.15) is 5.75 Å². The summed E-state index contributed by atoms with van der Waals surface area (Å²) >= 11 is 0. The molecule has 8 nitrogen and oxygen atoms in total. The molecule has 0 aromatic heterocycles. The molecule has 5 N–H and O–H groups in total. The summed E-state index contributed by atoms with van der Waals surface area (Å²) in [6.07, 6.45) is 0. The first kappa shape index (κ1) is 16.7. The second-order valence-electron chi connectivity index (χ2n) is 4.03. The zero-order valence-electron chi connectivity index (χ0n) is 11.4. The van der Waals surface area contributed by atoms with Gasteiger partial charge in [-0.15, -0.1) is 0 Å². The predicted molar refractivity (Wildman–Crippen MR) is 74.2 cm³/mol. The SMILES string of the molecule is Nc1ccc(C(=O)NCCOCCO)c(OCC(=O)O)c1. The van der Waals surface area contributed by atoms with E-state index in [2.05, 4.69) is 5.32 Å². The topological polar surface area (TPSA) is 131 Å². The quantitative estimate of drug-likeness (QED) is 0.356. The number of carboxylic acids is 1. The van der Waals surface area contributed by atoms with Gasteiger partial charge in [-0.25, -0.2) is 4.79 Å². The molecular formula is C13H18N2O6. The van der Waals surface area contributed by atoms with E-state index < -0.39 is 18.5 Å². The Kier molecular flexibility index (Phi) is 6.99. The van der Waals surface area contributed by atoms with E-state index in [1.807, 2.05) is 0 Å². The number of aliphatic hydroxyl groups excluding tert-OH is 1. The van der Waals surface area contributed by atoms with Crippen molar-refractivity contribution in [2.24, 2.45) is 0 Å². The first-order valence-electron chi connectivity index (χ1n) is 6.25. The molecular weight excluding hydrogens is 280 g/mol. The lowest BCUT2D eigenvalue weighted by Gasteiger charge is -2.11. The van der Waals surface area contributed by atoms with Crippen molar-refractivity contribution in [3.8, 4) is 5.75 Å². The van der Waals surface area contributed by atoms with Crippen LogP contribution in [-0.2, 0) is 9.53 Å². The summed E-state index contributed by atoms with van der Waals surface area (Å²) in [5, 5.41) is 19.7. The minimum absolute atomic E-state index is 0.0842. The fraction of sp³-hybridized carbons (Fsp3) is 0.385. The number of carboxylic acid groups (broad SMARTS) is 1. The molecule has 1 amide bonds. The minimum Gasteiger partial charge on any atom is -0.481 e. The summed E-state index contributed by atoms with van der Waals surface area (Å²) in [6, 6.07) is 4.36. The van der Waals surface area contributed by atoms with Gasteiger partial charge in [0, 0.05) is 18.3 Å². The molecule has 0 unspecified atom stereocenters. The molecule has 0 spiro atoms. The van der Waals surface area contributed by atoms with Gasteiger partial charge >= 0.3 is 5.97 Å². The number of aliphatic hydroxyl groups is 1. The van der Waals surface area contributed by atoms with Crippen molar-refractivity contribution < 1.29 is 29.3 Å². The summed E-state index contributed by atoms with van der Waals surface area (Å²) in [5.74, 6) is -1.48. The zero-order valence-corrected chi connectivity index (χ0v) is 11.4. The normalized spacial score (nSPS) is 10.1. The molecule has 0 radical (unpaired) electrons. The fourth-order valence-electron chi connectivity index (χ4n) is 1.48. The van der Waals surface area contributed by atoms with Gasteiger partial charge in [0.15, 0.2) is 6.61 Å². The molecule has 0 heterocycles. The third kappa shape index (κ3) is 6.11. The van der Waals surface area contributed by atoms with E-state index in [9.17, 15) is 9.59 Å². The molecule has 1 rings (SSSR count). The van der Waals surface area contributed by atoms with Gasteiger partial charge in [-0.3, -0.25) is 4.79 Å². The van der Waals surface area contributed by atoms with Crippen LogP contribution in [-0.4, -0.2) is 55.1 Å². The van der Waals surface area contributed by atoms with Crippen LogP contribution in [0.1, 0.15) is 10.4 Å². The fourth-order valence-corrected chi connectivity index (χ4v) is 1.48. The third-order valence-electron chi connectivity index (χ3n) is 2.37. The molecule has 0 aliphatic heterocycles. The highest BCUT2D eigenvalue weighted by molar-refractivity contribution is 5.97. The Hall–Kier alpha value is -2.32. The monoisotopic (exact) mass is 298 g/mol. The Morgan fingerprint density at radius 2 is 2.05 bits per heavy atom. The number of benzene rings is 1. The smallest absolute Gasteiger partial charge is 0.341 e. The largest absolute Gasteiger partial charge is 0.481 e. The second-order valence-corrected chi connectivity index (χ2v) is 4.03. The van der Waals surface area contributed by atoms with Crippen LogP contribution in [0.15, 0.2) is 18.2 Å². The van der Waals surface area contributed by atoms with Crippen molar-refractivity contribution in [3.05, 3.63) is 23.8 Å². The van der Waals surface area contributed by atoms with Gasteiger partial charge in [-0.2, -0.15) is 0 Å². The number of nitrogens with one attached hydrogen (secondary N) is 1. The van der Waals surface area contributed by atoms with E-state index in [4.69, 9.17) is 25.4 Å². The number of ether oxygens (including phenoxy) is 2. The molecule has 8 heteroatoms. The number of carbonyl (C=O) groups excluding carboxylic acids is 1. The van der Waals surface area contributed by atoms with E-state index in [0.717, 1.165) is 0 Å². The summed E-state index contributed by atoms with van der Waals surface area (Å²) in [4.78, 5) is 22.5. The number of carbonyl (C=O) groups is 2. The molecule has 1 aromatic rings. The van der Waals surface area contributed by atoms with Crippen molar-refractivity contribution >= 4 is 17.6 Å². The van der Waals surface area contributed by atoms with E-state index in [1.165, 1.54) is 18.2 Å². The van der Waals surface area contributed by atoms with Gasteiger partial charge in [0.05, 0.1) is 25.4 Å². The highest BCUT2D eigenvalue weighted by Crippen LogP contribution is 2.21. The van der Waals surface area contributed by atoms with Crippen LogP contribution in [0, 0.1) is 0 Å². The van der Waals surface area contributed by atoms with Gasteiger partial charge in [-0.1, -0.05) is 0 Å². The summed E-state index contributed by atoms with van der Waals surface area (Å²) < 4.78 is 10.0.